The number of likely N-dealkylation sites (tertiary alicyclic amines) is 2. The summed E-state index contributed by atoms with van der Waals surface area (Å²) in [6.07, 6.45) is 1.41. The van der Waals surface area contributed by atoms with Crippen LogP contribution in [0.4, 0.5) is 9.59 Å². The number of alkyl carbamates (subject to hydrolysis) is 2. The van der Waals surface area contributed by atoms with Crippen molar-refractivity contribution in [3.8, 4) is 28.1 Å². The second-order valence-corrected chi connectivity index (χ2v) is 16.6. The molecule has 17 heteroatoms. The van der Waals surface area contributed by atoms with E-state index in [0.29, 0.717) is 37.6 Å². The summed E-state index contributed by atoms with van der Waals surface area (Å²) in [5.41, 5.74) is 6.43. The van der Waals surface area contributed by atoms with Gasteiger partial charge in [0.05, 0.1) is 61.4 Å². The van der Waals surface area contributed by atoms with E-state index in [1.807, 2.05) is 13.0 Å². The van der Waals surface area contributed by atoms with Gasteiger partial charge in [-0.15, -0.1) is 0 Å². The minimum Gasteiger partial charge on any atom is -0.488 e. The number of fused-ring (bicyclic) bond motifs is 6. The Morgan fingerprint density at radius 3 is 2.23 bits per heavy atom. The quantitative estimate of drug-likeness (QED) is 0.119. The third kappa shape index (κ3) is 7.79. The van der Waals surface area contributed by atoms with E-state index in [4.69, 9.17) is 33.7 Å². The van der Waals surface area contributed by atoms with Crippen LogP contribution in [-0.4, -0.2) is 119 Å². The van der Waals surface area contributed by atoms with Crippen molar-refractivity contribution in [1.82, 2.24) is 40.4 Å². The zero-order chi connectivity index (χ0) is 44.0. The lowest BCUT2D eigenvalue weighted by Crippen LogP contribution is -2.55. The molecule has 3 aromatic carbocycles. The molecule has 8 rings (SSSR count). The average molecular weight is 851 g/mol. The normalized spacial score (nSPS) is 21.4. The van der Waals surface area contributed by atoms with Crippen LogP contribution >= 0.6 is 0 Å². The number of methoxy groups -OCH3 is 4. The standard InChI is InChI=1S/C45H54N8O9/c1-22-15-35(52(20-22)42(54)37(24(3)58-5)50-44(56)60-7)41-47-32-13-11-26-17-31-29-12-10-27(16-28(29)21-62-36(31)18-30(26)39(32)49-41)33-19-46-40(48-33)34-14-9-23(2)53(34)43(55)38(25(4)59-6)51-45(57)61-8/h10-13,16-19,22-25,34-35,37-38H,9,14-15,20-21H2,1-8H3,(H,46,48)(H,47,49)(H,50,56)(H,51,57)/t22-,23-,24+,25+,34-,35-,37-,38?/m0/s1. The lowest BCUT2D eigenvalue weighted by atomic mass is 9.92. The van der Waals surface area contributed by atoms with Crippen molar-refractivity contribution in [1.29, 1.82) is 0 Å². The smallest absolute Gasteiger partial charge is 0.407 e. The highest BCUT2D eigenvalue weighted by atomic mass is 16.5. The molecule has 62 heavy (non-hydrogen) atoms. The number of H-pyrrole nitrogens is 2. The lowest BCUT2D eigenvalue weighted by Gasteiger charge is -2.33. The second-order valence-electron chi connectivity index (χ2n) is 16.6. The van der Waals surface area contributed by atoms with Crippen LogP contribution in [0.25, 0.3) is 44.2 Å². The maximum absolute atomic E-state index is 14.0. The molecule has 3 aliphatic heterocycles. The number of hydrogen-bond acceptors (Lipinski definition) is 11. The number of aromatic nitrogens is 4. The summed E-state index contributed by atoms with van der Waals surface area (Å²) in [4.78, 5) is 72.6. The van der Waals surface area contributed by atoms with Crippen LogP contribution < -0.4 is 15.4 Å². The Morgan fingerprint density at radius 1 is 0.823 bits per heavy atom. The minimum atomic E-state index is -0.933. The SMILES string of the molecule is COC(=O)NC(C(=O)N1[C@@H](C)CC[C@H]1c1ncc(-c2ccc3c(c2)COc2cc4c(ccc5nc([C@@H]6C[C@H](C)CN6C(=O)[C@@H](NC(=O)OC)[C@@H](C)OC)[nH]c54)cc2-3)[nH]1)[C@@H](C)OC. The number of aromatic amines is 2. The Morgan fingerprint density at radius 2 is 1.53 bits per heavy atom. The molecule has 8 atom stereocenters. The second kappa shape index (κ2) is 17.3. The zero-order valence-corrected chi connectivity index (χ0v) is 36.2. The van der Waals surface area contributed by atoms with Gasteiger partial charge in [-0.1, -0.05) is 25.1 Å². The number of hydrogen-bond donors (Lipinski definition) is 4. The van der Waals surface area contributed by atoms with Gasteiger partial charge in [-0.2, -0.15) is 0 Å². The number of rotatable bonds is 11. The first kappa shape index (κ1) is 42.5. The van der Waals surface area contributed by atoms with Crippen molar-refractivity contribution >= 4 is 45.8 Å². The van der Waals surface area contributed by atoms with Crippen LogP contribution in [0, 0.1) is 5.92 Å². The number of carbonyl (C=O) groups is 4. The van der Waals surface area contributed by atoms with E-state index in [-0.39, 0.29) is 35.9 Å². The molecule has 0 aliphatic carbocycles. The van der Waals surface area contributed by atoms with E-state index in [2.05, 4.69) is 63.9 Å². The molecule has 5 aromatic rings. The molecule has 2 fully saturated rings. The van der Waals surface area contributed by atoms with Gasteiger partial charge >= 0.3 is 12.2 Å². The molecule has 3 aliphatic rings. The average Bonchev–Trinajstić information content (AvgIpc) is 4.11. The number of nitrogens with zero attached hydrogens (tertiary/aromatic N) is 4. The first-order valence-electron chi connectivity index (χ1n) is 21.0. The van der Waals surface area contributed by atoms with E-state index in [1.165, 1.54) is 28.4 Å². The molecule has 5 heterocycles. The fraction of sp³-hybridized carbons (Fsp3) is 0.467. The molecular weight excluding hydrogens is 797 g/mol. The fourth-order valence-corrected chi connectivity index (χ4v) is 9.21. The monoisotopic (exact) mass is 850 g/mol. The molecule has 1 unspecified atom stereocenters. The van der Waals surface area contributed by atoms with Gasteiger partial charge in [0.1, 0.15) is 36.1 Å². The topological polar surface area (TPSA) is 202 Å². The molecule has 4 N–H and O–H groups in total. The van der Waals surface area contributed by atoms with Gasteiger partial charge in [0.15, 0.2) is 0 Å². The molecule has 2 aromatic heterocycles. The molecule has 328 valence electrons. The molecule has 4 amide bonds. The first-order chi connectivity index (χ1) is 29.8. The molecule has 17 nitrogen and oxygen atoms in total. The number of amides is 4. The summed E-state index contributed by atoms with van der Waals surface area (Å²) in [5.74, 6) is 1.78. The highest BCUT2D eigenvalue weighted by molar-refractivity contribution is 6.07. The number of nitrogens with one attached hydrogen (secondary N) is 4. The molecule has 0 saturated carbocycles. The summed E-state index contributed by atoms with van der Waals surface area (Å²) >= 11 is 0. The summed E-state index contributed by atoms with van der Waals surface area (Å²) in [7, 11) is 5.52. The van der Waals surface area contributed by atoms with Crippen molar-refractivity contribution in [2.75, 3.05) is 35.0 Å². The van der Waals surface area contributed by atoms with Crippen LogP contribution in [0.15, 0.2) is 48.7 Å². The lowest BCUT2D eigenvalue weighted by molar-refractivity contribution is -0.139. The molecule has 0 spiro atoms. The Bertz CT molecular complexity index is 2520. The maximum atomic E-state index is 14.0. The summed E-state index contributed by atoms with van der Waals surface area (Å²) in [6.45, 7) is 8.44. The molecule has 0 bridgehead atoms. The van der Waals surface area contributed by atoms with E-state index in [0.717, 1.165) is 61.9 Å². The highest BCUT2D eigenvalue weighted by Crippen LogP contribution is 2.44. The van der Waals surface area contributed by atoms with Gasteiger partial charge in [0.25, 0.3) is 0 Å². The predicted octanol–water partition coefficient (Wildman–Crippen LogP) is 6.15. The van der Waals surface area contributed by atoms with E-state index < -0.39 is 36.5 Å². The van der Waals surface area contributed by atoms with Crippen molar-refractivity contribution < 1.29 is 42.9 Å². The van der Waals surface area contributed by atoms with Gasteiger partial charge in [-0.05, 0) is 92.3 Å². The van der Waals surface area contributed by atoms with Crippen molar-refractivity contribution in [3.05, 3.63) is 65.9 Å². The molecule has 0 radical (unpaired) electrons. The van der Waals surface area contributed by atoms with Gasteiger partial charge in [-0.3, -0.25) is 9.59 Å². The van der Waals surface area contributed by atoms with Gasteiger partial charge in [0.2, 0.25) is 11.8 Å². The summed E-state index contributed by atoms with van der Waals surface area (Å²) < 4.78 is 27.0. The van der Waals surface area contributed by atoms with Crippen LogP contribution in [0.5, 0.6) is 5.75 Å². The van der Waals surface area contributed by atoms with Crippen LogP contribution in [0.3, 0.4) is 0 Å². The number of imidazole rings is 2. The Hall–Kier alpha value is -6.20. The molecule has 2 saturated heterocycles. The van der Waals surface area contributed by atoms with Crippen LogP contribution in [-0.2, 0) is 35.1 Å². The van der Waals surface area contributed by atoms with E-state index >= 15 is 0 Å². The molecular formula is C45H54N8O9. The Labute approximate surface area is 359 Å². The summed E-state index contributed by atoms with van der Waals surface area (Å²) in [6, 6.07) is 11.9. The number of carbonyl (C=O) groups excluding carboxylic acids is 4. The van der Waals surface area contributed by atoms with Gasteiger partial charge in [-0.25, -0.2) is 19.6 Å². The van der Waals surface area contributed by atoms with Gasteiger partial charge < -0.3 is 54.1 Å². The van der Waals surface area contributed by atoms with Gasteiger partial charge in [0, 0.05) is 37.8 Å². The van der Waals surface area contributed by atoms with Crippen molar-refractivity contribution in [2.45, 2.75) is 96.0 Å². The van der Waals surface area contributed by atoms with E-state index in [1.54, 1.807) is 29.8 Å². The zero-order valence-electron chi connectivity index (χ0n) is 36.2. The minimum absolute atomic E-state index is 0.0748. The third-order valence-electron chi connectivity index (χ3n) is 12.8. The third-order valence-corrected chi connectivity index (χ3v) is 12.8. The van der Waals surface area contributed by atoms with Crippen LogP contribution in [0.2, 0.25) is 0 Å². The highest BCUT2D eigenvalue weighted by Gasteiger charge is 2.43. The largest absolute Gasteiger partial charge is 0.488 e. The number of benzene rings is 3. The number of ether oxygens (including phenoxy) is 5. The summed E-state index contributed by atoms with van der Waals surface area (Å²) in [5, 5.41) is 7.26. The van der Waals surface area contributed by atoms with Crippen molar-refractivity contribution in [3.63, 3.8) is 0 Å². The Kier molecular flexibility index (Phi) is 11.8. The van der Waals surface area contributed by atoms with Crippen LogP contribution in [0.1, 0.15) is 76.3 Å². The fourth-order valence-electron chi connectivity index (χ4n) is 9.21. The maximum Gasteiger partial charge on any atom is 0.407 e. The predicted molar refractivity (Wildman–Crippen MR) is 229 cm³/mol. The van der Waals surface area contributed by atoms with E-state index in [9.17, 15) is 19.2 Å². The Balaban J connectivity index is 1.04. The first-order valence-corrected chi connectivity index (χ1v) is 21.0. The van der Waals surface area contributed by atoms with Crippen molar-refractivity contribution in [2.24, 2.45) is 5.92 Å².